The second-order valence-corrected chi connectivity index (χ2v) is 6.16. The molecule has 1 aromatic heterocycles. The Bertz CT molecular complexity index is 583. The van der Waals surface area contributed by atoms with Crippen molar-refractivity contribution in [3.8, 4) is 5.75 Å². The molecule has 1 unspecified atom stereocenters. The van der Waals surface area contributed by atoms with Gasteiger partial charge in [0.2, 0.25) is 0 Å². The Balaban J connectivity index is 0.00000192. The monoisotopic (exact) mass is 335 g/mol. The van der Waals surface area contributed by atoms with E-state index in [9.17, 15) is 0 Å². The zero-order valence-corrected chi connectivity index (χ0v) is 14.5. The lowest BCUT2D eigenvalue weighted by Gasteiger charge is -2.19. The first-order valence-electron chi connectivity index (χ1n) is 8.26. The van der Waals surface area contributed by atoms with Gasteiger partial charge in [-0.3, -0.25) is 0 Å². The van der Waals surface area contributed by atoms with E-state index in [1.807, 2.05) is 19.2 Å². The van der Waals surface area contributed by atoms with Gasteiger partial charge in [0, 0.05) is 18.9 Å². The van der Waals surface area contributed by atoms with Crippen molar-refractivity contribution in [2.45, 2.75) is 32.1 Å². The second kappa shape index (κ2) is 8.99. The topological polar surface area (TPSA) is 34.4 Å². The highest BCUT2D eigenvalue weighted by molar-refractivity contribution is 5.85. The molecule has 1 aromatic carbocycles. The van der Waals surface area contributed by atoms with Crippen LogP contribution < -0.4 is 10.1 Å². The summed E-state index contributed by atoms with van der Waals surface area (Å²) in [7, 11) is 1.98. The maximum atomic E-state index is 6.05. The minimum atomic E-state index is 0. The summed E-state index contributed by atoms with van der Waals surface area (Å²) in [5.41, 5.74) is 2.97. The van der Waals surface area contributed by atoms with Crippen LogP contribution in [0.15, 0.2) is 41.0 Å². The van der Waals surface area contributed by atoms with Crippen LogP contribution in [0.1, 0.15) is 29.7 Å². The van der Waals surface area contributed by atoms with Crippen molar-refractivity contribution in [1.82, 2.24) is 5.32 Å². The molecule has 0 aliphatic heterocycles. The fourth-order valence-corrected chi connectivity index (χ4v) is 3.21. The fraction of sp³-hybridized carbons (Fsp3) is 0.474. The lowest BCUT2D eigenvalue weighted by Crippen LogP contribution is -2.26. The molecule has 1 heterocycles. The van der Waals surface area contributed by atoms with Crippen molar-refractivity contribution in [2.24, 2.45) is 5.92 Å². The van der Waals surface area contributed by atoms with Gasteiger partial charge in [-0.2, -0.15) is 0 Å². The minimum absolute atomic E-state index is 0. The minimum Gasteiger partial charge on any atom is -0.493 e. The summed E-state index contributed by atoms with van der Waals surface area (Å²) < 4.78 is 11.5. The lowest BCUT2D eigenvalue weighted by atomic mass is 9.92. The highest BCUT2D eigenvalue weighted by atomic mass is 35.5. The summed E-state index contributed by atoms with van der Waals surface area (Å²) in [5.74, 6) is 2.43. The number of furan rings is 1. The maximum absolute atomic E-state index is 6.05. The molecule has 23 heavy (non-hydrogen) atoms. The molecule has 0 spiro atoms. The smallest absolute Gasteiger partial charge is 0.119 e. The highest BCUT2D eigenvalue weighted by Gasteiger charge is 2.14. The number of nitrogens with one attached hydrogen (secondary N) is 1. The third-order valence-electron chi connectivity index (χ3n) is 4.37. The van der Waals surface area contributed by atoms with Crippen molar-refractivity contribution in [1.29, 1.82) is 0 Å². The largest absolute Gasteiger partial charge is 0.493 e. The Labute approximate surface area is 144 Å². The summed E-state index contributed by atoms with van der Waals surface area (Å²) in [6.45, 7) is 1.63. The lowest BCUT2D eigenvalue weighted by molar-refractivity contribution is 0.238. The molecule has 0 radical (unpaired) electrons. The Hall–Kier alpha value is -1.45. The fourth-order valence-electron chi connectivity index (χ4n) is 3.21. The molecule has 0 fully saturated rings. The van der Waals surface area contributed by atoms with Crippen LogP contribution in [0.3, 0.4) is 0 Å². The van der Waals surface area contributed by atoms with Crippen molar-refractivity contribution < 1.29 is 9.15 Å². The summed E-state index contributed by atoms with van der Waals surface area (Å²) in [6, 6.07) is 10.6. The molecule has 1 N–H and O–H groups in total. The van der Waals surface area contributed by atoms with Crippen LogP contribution >= 0.6 is 12.4 Å². The average Bonchev–Trinajstić information content (AvgIpc) is 3.06. The van der Waals surface area contributed by atoms with Crippen LogP contribution in [-0.4, -0.2) is 20.2 Å². The number of hydrogen-bond donors (Lipinski definition) is 1. The van der Waals surface area contributed by atoms with E-state index in [0.29, 0.717) is 12.5 Å². The summed E-state index contributed by atoms with van der Waals surface area (Å²) >= 11 is 0. The first kappa shape index (κ1) is 17.9. The highest BCUT2D eigenvalue weighted by Crippen LogP contribution is 2.25. The zero-order chi connectivity index (χ0) is 15.2. The van der Waals surface area contributed by atoms with Gasteiger partial charge in [0.05, 0.1) is 12.9 Å². The zero-order valence-electron chi connectivity index (χ0n) is 13.7. The number of fused-ring (bicyclic) bond motifs is 1. The molecule has 126 valence electrons. The van der Waals surface area contributed by atoms with E-state index in [1.165, 1.54) is 36.8 Å². The van der Waals surface area contributed by atoms with Gasteiger partial charge in [0.25, 0.3) is 0 Å². The Morgan fingerprint density at radius 1 is 1.17 bits per heavy atom. The van der Waals surface area contributed by atoms with Gasteiger partial charge >= 0.3 is 0 Å². The molecule has 3 nitrogen and oxygen atoms in total. The van der Waals surface area contributed by atoms with E-state index < -0.39 is 0 Å². The quantitative estimate of drug-likeness (QED) is 0.829. The van der Waals surface area contributed by atoms with Crippen molar-refractivity contribution in [3.05, 3.63) is 53.5 Å². The number of aryl methyl sites for hydroxylation is 2. The van der Waals surface area contributed by atoms with Gasteiger partial charge in [-0.05, 0) is 68.1 Å². The average molecular weight is 336 g/mol. The maximum Gasteiger partial charge on any atom is 0.119 e. The van der Waals surface area contributed by atoms with Crippen molar-refractivity contribution in [3.63, 3.8) is 0 Å². The van der Waals surface area contributed by atoms with E-state index in [-0.39, 0.29) is 12.4 Å². The van der Waals surface area contributed by atoms with Crippen LogP contribution in [0.5, 0.6) is 5.75 Å². The molecule has 4 heteroatoms. The van der Waals surface area contributed by atoms with E-state index >= 15 is 0 Å². The van der Waals surface area contributed by atoms with Gasteiger partial charge in [0.1, 0.15) is 11.5 Å². The molecule has 1 aliphatic rings. The third kappa shape index (κ3) is 5.02. The SMILES string of the molecule is CNCC(COc1ccc2c(c1)CCCC2)Cc1ccco1.Cl. The van der Waals surface area contributed by atoms with Gasteiger partial charge < -0.3 is 14.5 Å². The van der Waals surface area contributed by atoms with Crippen LogP contribution in [0.2, 0.25) is 0 Å². The number of halogens is 1. The van der Waals surface area contributed by atoms with Crippen molar-refractivity contribution >= 4 is 12.4 Å². The summed E-state index contributed by atoms with van der Waals surface area (Å²) in [4.78, 5) is 0. The first-order valence-corrected chi connectivity index (χ1v) is 8.26. The number of benzene rings is 1. The van der Waals surface area contributed by atoms with E-state index in [4.69, 9.17) is 9.15 Å². The Kier molecular flexibility index (Phi) is 7.00. The standard InChI is InChI=1S/C19H25NO2.ClH/c1-20-13-15(11-18-7-4-10-21-18)14-22-19-9-8-16-5-2-3-6-17(16)12-19;/h4,7-10,12,15,20H,2-3,5-6,11,13-14H2,1H3;1H. The molecular weight excluding hydrogens is 310 g/mol. The molecule has 3 rings (SSSR count). The van der Waals surface area contributed by atoms with Crippen LogP contribution in [0.4, 0.5) is 0 Å². The molecule has 1 aliphatic carbocycles. The van der Waals surface area contributed by atoms with Crippen LogP contribution in [-0.2, 0) is 19.3 Å². The molecule has 0 amide bonds. The van der Waals surface area contributed by atoms with Gasteiger partial charge in [-0.15, -0.1) is 12.4 Å². The third-order valence-corrected chi connectivity index (χ3v) is 4.37. The molecule has 0 saturated heterocycles. The van der Waals surface area contributed by atoms with E-state index in [1.54, 1.807) is 6.26 Å². The predicted molar refractivity (Wildman–Crippen MR) is 95.7 cm³/mol. The predicted octanol–water partition coefficient (Wildman–Crippen LogP) is 4.04. The Morgan fingerprint density at radius 3 is 2.74 bits per heavy atom. The molecule has 1 atom stereocenters. The van der Waals surface area contributed by atoms with E-state index in [2.05, 4.69) is 23.5 Å². The van der Waals surface area contributed by atoms with Gasteiger partial charge in [0.15, 0.2) is 0 Å². The number of ether oxygens (including phenoxy) is 1. The first-order chi connectivity index (χ1) is 10.8. The van der Waals surface area contributed by atoms with Gasteiger partial charge in [-0.25, -0.2) is 0 Å². The Morgan fingerprint density at radius 2 is 2.00 bits per heavy atom. The molecule has 0 saturated carbocycles. The van der Waals surface area contributed by atoms with Crippen LogP contribution in [0.25, 0.3) is 0 Å². The summed E-state index contributed by atoms with van der Waals surface area (Å²) in [6.07, 6.45) is 7.67. The van der Waals surface area contributed by atoms with E-state index in [0.717, 1.165) is 24.5 Å². The number of rotatable bonds is 7. The normalized spacial score (nSPS) is 14.7. The molecule has 0 bridgehead atoms. The molecular formula is C19H26ClNO2. The molecule has 2 aromatic rings. The summed E-state index contributed by atoms with van der Waals surface area (Å²) in [5, 5.41) is 3.24. The van der Waals surface area contributed by atoms with Gasteiger partial charge in [-0.1, -0.05) is 6.07 Å². The number of hydrogen-bond acceptors (Lipinski definition) is 3. The van der Waals surface area contributed by atoms with Crippen molar-refractivity contribution in [2.75, 3.05) is 20.2 Å². The van der Waals surface area contributed by atoms with Crippen LogP contribution in [0, 0.1) is 5.92 Å². The second-order valence-electron chi connectivity index (χ2n) is 6.16.